The van der Waals surface area contributed by atoms with Gasteiger partial charge in [-0.25, -0.2) is 0 Å². The Bertz CT molecular complexity index is 255. The van der Waals surface area contributed by atoms with Crippen LogP contribution < -0.4 is 0 Å². The van der Waals surface area contributed by atoms with E-state index in [1.54, 1.807) is 0 Å². The molecule has 3 heteroatoms. The van der Waals surface area contributed by atoms with Gasteiger partial charge >= 0.3 is 5.97 Å². The Kier molecular flexibility index (Phi) is 4.84. The van der Waals surface area contributed by atoms with Gasteiger partial charge in [0.05, 0.1) is 0 Å². The second kappa shape index (κ2) is 6.39. The number of likely N-dealkylation sites (tertiary alicyclic amines) is 1. The lowest BCUT2D eigenvalue weighted by atomic mass is 9.85. The topological polar surface area (TPSA) is 40.5 Å². The van der Waals surface area contributed by atoms with Crippen LogP contribution in [-0.2, 0) is 4.79 Å². The van der Waals surface area contributed by atoms with E-state index < -0.39 is 5.97 Å². The zero-order valence-corrected chi connectivity index (χ0v) is 10.7. The molecule has 1 heterocycles. The predicted octanol–water partition coefficient (Wildman–Crippen LogP) is 2.90. The van der Waals surface area contributed by atoms with Gasteiger partial charge in [-0.2, -0.15) is 0 Å². The van der Waals surface area contributed by atoms with Crippen LogP contribution in [0.3, 0.4) is 0 Å². The summed E-state index contributed by atoms with van der Waals surface area (Å²) in [4.78, 5) is 13.1. The van der Waals surface area contributed by atoms with Crippen molar-refractivity contribution in [2.24, 2.45) is 5.92 Å². The van der Waals surface area contributed by atoms with Gasteiger partial charge in [0.15, 0.2) is 0 Å². The van der Waals surface area contributed by atoms with Crippen molar-refractivity contribution >= 4 is 5.97 Å². The number of rotatable bonds is 6. The molecule has 0 aromatic heterocycles. The fourth-order valence-corrected chi connectivity index (χ4v) is 3.55. The van der Waals surface area contributed by atoms with E-state index in [2.05, 4.69) is 4.90 Å². The molecule has 1 aliphatic carbocycles. The molecule has 1 saturated heterocycles. The molecule has 17 heavy (non-hydrogen) atoms. The summed E-state index contributed by atoms with van der Waals surface area (Å²) < 4.78 is 0. The number of carboxylic acids is 1. The molecule has 0 radical (unpaired) electrons. The summed E-state index contributed by atoms with van der Waals surface area (Å²) in [6.07, 6.45) is 10.5. The summed E-state index contributed by atoms with van der Waals surface area (Å²) in [5.41, 5.74) is 0. The lowest BCUT2D eigenvalue weighted by molar-refractivity contribution is -0.137. The summed E-state index contributed by atoms with van der Waals surface area (Å²) in [7, 11) is 0. The third-order valence-corrected chi connectivity index (χ3v) is 4.46. The molecule has 2 rings (SSSR count). The van der Waals surface area contributed by atoms with E-state index in [0.29, 0.717) is 6.42 Å². The minimum Gasteiger partial charge on any atom is -0.481 e. The average Bonchev–Trinajstić information content (AvgIpc) is 2.72. The van der Waals surface area contributed by atoms with Gasteiger partial charge in [-0.05, 0) is 51.1 Å². The van der Waals surface area contributed by atoms with Crippen LogP contribution in [0.1, 0.15) is 57.8 Å². The lowest BCUT2D eigenvalue weighted by Crippen LogP contribution is -2.35. The van der Waals surface area contributed by atoms with E-state index in [1.807, 2.05) is 0 Å². The highest BCUT2D eigenvalue weighted by Gasteiger charge is 2.34. The van der Waals surface area contributed by atoms with Crippen molar-refractivity contribution in [3.8, 4) is 0 Å². The Morgan fingerprint density at radius 3 is 2.76 bits per heavy atom. The van der Waals surface area contributed by atoms with Crippen molar-refractivity contribution in [3.63, 3.8) is 0 Å². The number of carbonyl (C=O) groups is 1. The molecular weight excluding hydrogens is 214 g/mol. The fraction of sp³-hybridized carbons (Fsp3) is 0.929. The van der Waals surface area contributed by atoms with Gasteiger partial charge in [0.2, 0.25) is 0 Å². The molecule has 1 aliphatic heterocycles. The summed E-state index contributed by atoms with van der Waals surface area (Å²) in [5, 5.41) is 8.57. The largest absolute Gasteiger partial charge is 0.481 e. The van der Waals surface area contributed by atoms with E-state index in [1.165, 1.54) is 51.6 Å². The quantitative estimate of drug-likeness (QED) is 0.725. The molecule has 0 aromatic rings. The number of aliphatic carboxylic acids is 1. The molecule has 2 atom stereocenters. The van der Waals surface area contributed by atoms with Crippen LogP contribution in [0.15, 0.2) is 0 Å². The van der Waals surface area contributed by atoms with Crippen LogP contribution in [0.5, 0.6) is 0 Å². The number of nitrogens with zero attached hydrogens (tertiary/aromatic N) is 1. The van der Waals surface area contributed by atoms with E-state index in [-0.39, 0.29) is 0 Å². The van der Waals surface area contributed by atoms with Crippen LogP contribution in [0.2, 0.25) is 0 Å². The van der Waals surface area contributed by atoms with Crippen molar-refractivity contribution in [3.05, 3.63) is 0 Å². The van der Waals surface area contributed by atoms with Crippen molar-refractivity contribution in [2.75, 3.05) is 13.1 Å². The van der Waals surface area contributed by atoms with Crippen molar-refractivity contribution in [2.45, 2.75) is 63.8 Å². The number of hydrogen-bond acceptors (Lipinski definition) is 2. The maximum Gasteiger partial charge on any atom is 0.303 e. The Hall–Kier alpha value is -0.570. The van der Waals surface area contributed by atoms with Crippen molar-refractivity contribution in [1.29, 1.82) is 0 Å². The van der Waals surface area contributed by atoms with Gasteiger partial charge in [-0.15, -0.1) is 0 Å². The number of unbranched alkanes of at least 4 members (excludes halogenated alkanes) is 2. The minimum absolute atomic E-state index is 0.339. The van der Waals surface area contributed by atoms with Crippen LogP contribution in [0, 0.1) is 5.92 Å². The van der Waals surface area contributed by atoms with Gasteiger partial charge in [0.1, 0.15) is 0 Å². The molecule has 1 saturated carbocycles. The monoisotopic (exact) mass is 239 g/mol. The van der Waals surface area contributed by atoms with Gasteiger partial charge in [0, 0.05) is 12.5 Å². The summed E-state index contributed by atoms with van der Waals surface area (Å²) in [6, 6.07) is 0.864. The van der Waals surface area contributed by atoms with Crippen LogP contribution in [0.4, 0.5) is 0 Å². The maximum atomic E-state index is 10.4. The Balaban J connectivity index is 1.61. The predicted molar refractivity (Wildman–Crippen MR) is 68.0 cm³/mol. The number of hydrogen-bond donors (Lipinski definition) is 1. The second-order valence-corrected chi connectivity index (χ2v) is 5.64. The molecule has 2 aliphatic rings. The van der Waals surface area contributed by atoms with Crippen LogP contribution in [-0.4, -0.2) is 35.1 Å². The maximum absolute atomic E-state index is 10.4. The Morgan fingerprint density at radius 1 is 1.12 bits per heavy atom. The third kappa shape index (κ3) is 3.70. The van der Waals surface area contributed by atoms with E-state index in [9.17, 15) is 4.79 Å². The Labute approximate surface area is 104 Å². The minimum atomic E-state index is -0.654. The molecular formula is C14H25NO2. The SMILES string of the molecule is O=C(O)CCCCCN1CCC2CCCCC21. The van der Waals surface area contributed by atoms with Crippen LogP contribution >= 0.6 is 0 Å². The molecule has 2 fully saturated rings. The second-order valence-electron chi connectivity index (χ2n) is 5.64. The highest BCUT2D eigenvalue weighted by atomic mass is 16.4. The first-order valence-corrected chi connectivity index (χ1v) is 7.23. The zero-order chi connectivity index (χ0) is 12.1. The molecule has 0 aromatic carbocycles. The first-order chi connectivity index (χ1) is 8.27. The molecule has 2 unspecified atom stereocenters. The third-order valence-electron chi connectivity index (χ3n) is 4.46. The molecule has 98 valence electrons. The zero-order valence-electron chi connectivity index (χ0n) is 10.7. The van der Waals surface area contributed by atoms with Gasteiger partial charge in [-0.3, -0.25) is 4.79 Å². The summed E-state index contributed by atoms with van der Waals surface area (Å²) in [6.45, 7) is 2.48. The van der Waals surface area contributed by atoms with Crippen molar-refractivity contribution in [1.82, 2.24) is 4.90 Å². The highest BCUT2D eigenvalue weighted by molar-refractivity contribution is 5.66. The summed E-state index contributed by atoms with van der Waals surface area (Å²) >= 11 is 0. The average molecular weight is 239 g/mol. The fourth-order valence-electron chi connectivity index (χ4n) is 3.55. The molecule has 3 nitrogen and oxygen atoms in total. The molecule has 0 amide bonds. The van der Waals surface area contributed by atoms with E-state index >= 15 is 0 Å². The molecule has 0 bridgehead atoms. The van der Waals surface area contributed by atoms with Crippen molar-refractivity contribution < 1.29 is 9.90 Å². The lowest BCUT2D eigenvalue weighted by Gasteiger charge is -2.31. The summed E-state index contributed by atoms with van der Waals surface area (Å²) in [5.74, 6) is 0.321. The van der Waals surface area contributed by atoms with Gasteiger partial charge < -0.3 is 10.0 Å². The molecule has 0 spiro atoms. The smallest absolute Gasteiger partial charge is 0.303 e. The first kappa shape index (κ1) is 12.9. The van der Waals surface area contributed by atoms with Gasteiger partial charge in [-0.1, -0.05) is 19.3 Å². The normalized spacial score (nSPS) is 29.2. The number of fused-ring (bicyclic) bond motifs is 1. The number of carboxylic acid groups (broad SMARTS) is 1. The molecule has 1 N–H and O–H groups in total. The van der Waals surface area contributed by atoms with Gasteiger partial charge in [0.25, 0.3) is 0 Å². The van der Waals surface area contributed by atoms with E-state index in [4.69, 9.17) is 5.11 Å². The highest BCUT2D eigenvalue weighted by Crippen LogP contribution is 2.36. The standard InChI is InChI=1S/C14H25NO2/c16-14(17)8-2-1-5-10-15-11-9-12-6-3-4-7-13(12)15/h12-13H,1-11H2,(H,16,17). The van der Waals surface area contributed by atoms with E-state index in [0.717, 1.165) is 24.8 Å². The Morgan fingerprint density at radius 2 is 1.94 bits per heavy atom. The van der Waals surface area contributed by atoms with Crippen LogP contribution in [0.25, 0.3) is 0 Å². The first-order valence-electron chi connectivity index (χ1n) is 7.23.